The van der Waals surface area contributed by atoms with Crippen molar-refractivity contribution >= 4 is 17.4 Å². The molecule has 0 N–H and O–H groups in total. The topological polar surface area (TPSA) is 95.7 Å². The quantitative estimate of drug-likeness (QED) is 0.277. The molecule has 26 heavy (non-hydrogen) atoms. The molecule has 2 aromatic carbocycles. The third-order valence-electron chi connectivity index (χ3n) is 4.02. The minimum Gasteiger partial charge on any atom is -0.293 e. The summed E-state index contributed by atoms with van der Waals surface area (Å²) in [7, 11) is 0. The first-order valence-electron chi connectivity index (χ1n) is 7.91. The second-order valence-electron chi connectivity index (χ2n) is 5.60. The van der Waals surface area contributed by atoms with Crippen LogP contribution in [0.3, 0.4) is 0 Å². The van der Waals surface area contributed by atoms with Crippen LogP contribution in [0, 0.1) is 10.1 Å². The molecule has 1 aliphatic rings. The van der Waals surface area contributed by atoms with Gasteiger partial charge in [0.25, 0.3) is 5.69 Å². The zero-order valence-corrected chi connectivity index (χ0v) is 13.6. The molecule has 0 aromatic heterocycles. The van der Waals surface area contributed by atoms with E-state index in [4.69, 9.17) is 0 Å². The molecule has 0 amide bonds. The number of halogens is 1. The van der Waals surface area contributed by atoms with Gasteiger partial charge >= 0.3 is 5.97 Å². The van der Waals surface area contributed by atoms with Crippen LogP contribution < -0.4 is 0 Å². The van der Waals surface area contributed by atoms with Crippen molar-refractivity contribution in [1.29, 1.82) is 0 Å². The number of rotatable bonds is 7. The molecule has 0 bridgehead atoms. The fourth-order valence-electron chi connectivity index (χ4n) is 2.85. The second kappa shape index (κ2) is 7.40. The molecule has 8 heteroatoms. The van der Waals surface area contributed by atoms with E-state index in [0.29, 0.717) is 23.1 Å². The number of ketones is 1. The molecule has 0 spiro atoms. The SMILES string of the molecule is O=C(OOCCCCF)c1ccc2c(c1[N+](=O)[O-])C(=O)c1ccccc1-2. The zero-order chi connectivity index (χ0) is 18.7. The summed E-state index contributed by atoms with van der Waals surface area (Å²) in [5.41, 5.74) is 0.207. The Kier molecular flexibility index (Phi) is 5.04. The lowest BCUT2D eigenvalue weighted by Gasteiger charge is -2.07. The van der Waals surface area contributed by atoms with Crippen molar-refractivity contribution in [3.05, 3.63) is 63.2 Å². The molecule has 0 heterocycles. The third kappa shape index (κ3) is 3.06. The van der Waals surface area contributed by atoms with E-state index < -0.39 is 29.0 Å². The standard InChI is InChI=1S/C18H14FNO6/c19-9-3-4-10-25-26-18(22)14-8-7-12-11-5-1-2-6-13(11)17(21)15(12)16(14)20(23)24/h1-2,5-8H,3-4,9-10H2. The first kappa shape index (κ1) is 17.7. The average molecular weight is 359 g/mol. The van der Waals surface area contributed by atoms with Gasteiger partial charge in [0.15, 0.2) is 0 Å². The molecule has 3 rings (SSSR count). The number of unbranched alkanes of at least 4 members (excludes halogenated alkanes) is 1. The number of hydrogen-bond acceptors (Lipinski definition) is 6. The van der Waals surface area contributed by atoms with E-state index in [1.807, 2.05) is 0 Å². The van der Waals surface area contributed by atoms with Crippen molar-refractivity contribution in [3.63, 3.8) is 0 Å². The minimum atomic E-state index is -1.08. The van der Waals surface area contributed by atoms with Gasteiger partial charge in [0.05, 0.1) is 18.2 Å². The predicted molar refractivity (Wildman–Crippen MR) is 88.5 cm³/mol. The molecule has 0 fully saturated rings. The summed E-state index contributed by atoms with van der Waals surface area (Å²) in [6.07, 6.45) is 0.590. The van der Waals surface area contributed by atoms with Crippen LogP contribution in [0.25, 0.3) is 11.1 Å². The van der Waals surface area contributed by atoms with Crippen LogP contribution in [0.4, 0.5) is 10.1 Å². The molecule has 0 atom stereocenters. The number of nitrogens with zero attached hydrogens (tertiary/aromatic N) is 1. The first-order chi connectivity index (χ1) is 12.6. The van der Waals surface area contributed by atoms with Gasteiger partial charge in [0.2, 0.25) is 5.78 Å². The highest BCUT2D eigenvalue weighted by Crippen LogP contribution is 2.42. The van der Waals surface area contributed by atoms with Crippen molar-refractivity contribution in [2.75, 3.05) is 13.3 Å². The van der Waals surface area contributed by atoms with Gasteiger partial charge in [-0.05, 0) is 24.5 Å². The number of benzene rings is 2. The maximum absolute atomic E-state index is 12.6. The summed E-state index contributed by atoms with van der Waals surface area (Å²) < 4.78 is 12.0. The maximum atomic E-state index is 12.6. The lowest BCUT2D eigenvalue weighted by atomic mass is 10.0. The van der Waals surface area contributed by atoms with E-state index in [-0.39, 0.29) is 24.2 Å². The Morgan fingerprint density at radius 2 is 1.81 bits per heavy atom. The Morgan fingerprint density at radius 3 is 2.50 bits per heavy atom. The number of nitro benzene ring substituents is 1. The molecule has 0 aliphatic heterocycles. The summed E-state index contributed by atoms with van der Waals surface area (Å²) in [6, 6.07) is 9.36. The van der Waals surface area contributed by atoms with E-state index >= 15 is 0 Å². The van der Waals surface area contributed by atoms with Gasteiger partial charge in [-0.1, -0.05) is 30.3 Å². The van der Waals surface area contributed by atoms with Gasteiger partial charge in [-0.25, -0.2) is 4.79 Å². The molecule has 0 radical (unpaired) electrons. The molecular formula is C18H14FNO6. The molecule has 1 aliphatic carbocycles. The Balaban J connectivity index is 1.93. The van der Waals surface area contributed by atoms with Crippen LogP contribution in [-0.2, 0) is 9.78 Å². The number of carbonyl (C=O) groups is 2. The van der Waals surface area contributed by atoms with Crippen LogP contribution in [0.2, 0.25) is 0 Å². The number of carbonyl (C=O) groups excluding carboxylic acids is 2. The summed E-state index contributed by atoms with van der Waals surface area (Å²) in [5, 5.41) is 11.6. The number of fused-ring (bicyclic) bond motifs is 3. The molecule has 0 saturated carbocycles. The summed E-state index contributed by atoms with van der Waals surface area (Å²) in [6.45, 7) is -0.547. The van der Waals surface area contributed by atoms with Gasteiger partial charge in [-0.2, -0.15) is 4.89 Å². The zero-order valence-electron chi connectivity index (χ0n) is 13.6. The monoisotopic (exact) mass is 359 g/mol. The highest BCUT2D eigenvalue weighted by molar-refractivity contribution is 6.25. The van der Waals surface area contributed by atoms with Crippen molar-refractivity contribution in [1.82, 2.24) is 0 Å². The van der Waals surface area contributed by atoms with E-state index in [1.165, 1.54) is 12.1 Å². The predicted octanol–water partition coefficient (Wildman–Crippen LogP) is 3.64. The van der Waals surface area contributed by atoms with Crippen molar-refractivity contribution in [2.45, 2.75) is 12.8 Å². The number of alkyl halides is 1. The highest BCUT2D eigenvalue weighted by atomic mass is 19.1. The Labute approximate surface area is 147 Å². The van der Waals surface area contributed by atoms with Gasteiger partial charge in [0, 0.05) is 11.1 Å². The molecule has 134 valence electrons. The smallest absolute Gasteiger partial charge is 0.293 e. The lowest BCUT2D eigenvalue weighted by molar-refractivity contribution is -0.385. The fraction of sp³-hybridized carbons (Fsp3) is 0.222. The summed E-state index contributed by atoms with van der Waals surface area (Å²) >= 11 is 0. The van der Waals surface area contributed by atoms with Crippen LogP contribution >= 0.6 is 0 Å². The number of hydrogen-bond donors (Lipinski definition) is 0. The largest absolute Gasteiger partial charge is 0.380 e. The van der Waals surface area contributed by atoms with Gasteiger partial charge in [-0.15, -0.1) is 0 Å². The lowest BCUT2D eigenvalue weighted by Crippen LogP contribution is -2.12. The maximum Gasteiger partial charge on any atom is 0.380 e. The molecular weight excluding hydrogens is 345 g/mol. The van der Waals surface area contributed by atoms with E-state index in [0.717, 1.165) is 0 Å². The molecule has 7 nitrogen and oxygen atoms in total. The Bertz CT molecular complexity index is 895. The normalized spacial score (nSPS) is 11.8. The van der Waals surface area contributed by atoms with Crippen molar-refractivity contribution in [3.8, 4) is 11.1 Å². The van der Waals surface area contributed by atoms with Crippen molar-refractivity contribution < 1.29 is 28.7 Å². The molecule has 0 unspecified atom stereocenters. The van der Waals surface area contributed by atoms with Crippen LogP contribution in [-0.4, -0.2) is 30.0 Å². The first-order valence-corrected chi connectivity index (χ1v) is 7.91. The average Bonchev–Trinajstić information content (AvgIpc) is 2.93. The Hall–Kier alpha value is -3.13. The van der Waals surface area contributed by atoms with E-state index in [1.54, 1.807) is 24.3 Å². The van der Waals surface area contributed by atoms with Crippen molar-refractivity contribution in [2.24, 2.45) is 0 Å². The minimum absolute atomic E-state index is 0.0290. The number of nitro groups is 1. The van der Waals surface area contributed by atoms with Gasteiger partial charge < -0.3 is 0 Å². The third-order valence-corrected chi connectivity index (χ3v) is 4.02. The molecule has 2 aromatic rings. The second-order valence-corrected chi connectivity index (χ2v) is 5.60. The summed E-state index contributed by atoms with van der Waals surface area (Å²) in [5.74, 6) is -1.59. The summed E-state index contributed by atoms with van der Waals surface area (Å²) in [4.78, 5) is 44.8. The molecule has 0 saturated heterocycles. The fourth-order valence-corrected chi connectivity index (χ4v) is 2.85. The van der Waals surface area contributed by atoms with Gasteiger partial charge in [-0.3, -0.25) is 24.2 Å². The van der Waals surface area contributed by atoms with Crippen LogP contribution in [0.15, 0.2) is 36.4 Å². The Morgan fingerprint density at radius 1 is 1.08 bits per heavy atom. The highest BCUT2D eigenvalue weighted by Gasteiger charge is 2.38. The van der Waals surface area contributed by atoms with E-state index in [9.17, 15) is 24.1 Å². The van der Waals surface area contributed by atoms with Crippen LogP contribution in [0.1, 0.15) is 39.1 Å². The van der Waals surface area contributed by atoms with E-state index in [2.05, 4.69) is 9.78 Å². The van der Waals surface area contributed by atoms with Crippen LogP contribution in [0.5, 0.6) is 0 Å². The van der Waals surface area contributed by atoms with Gasteiger partial charge in [0.1, 0.15) is 11.1 Å².